The lowest BCUT2D eigenvalue weighted by Crippen LogP contribution is -2.38. The second-order valence-electron chi connectivity index (χ2n) is 5.11. The molecule has 1 aromatic heterocycles. The molecule has 1 heterocycles. The molecule has 0 spiro atoms. The van der Waals surface area contributed by atoms with Gasteiger partial charge in [-0.15, -0.1) is 0 Å². The number of sulfonamides is 1. The van der Waals surface area contributed by atoms with E-state index in [0.29, 0.717) is 0 Å². The van der Waals surface area contributed by atoms with Crippen LogP contribution in [0.5, 0.6) is 0 Å². The van der Waals surface area contributed by atoms with Gasteiger partial charge in [0, 0.05) is 25.6 Å². The zero-order valence-electron chi connectivity index (χ0n) is 10.8. The number of hydrogen-bond donors (Lipinski definition) is 2. The topological polar surface area (TPSA) is 84.2 Å². The van der Waals surface area contributed by atoms with Crippen molar-refractivity contribution in [3.05, 3.63) is 11.2 Å². The van der Waals surface area contributed by atoms with Gasteiger partial charge in [-0.3, -0.25) is 4.68 Å². The van der Waals surface area contributed by atoms with Crippen molar-refractivity contribution in [1.82, 2.24) is 14.5 Å². The van der Waals surface area contributed by atoms with Crippen molar-refractivity contribution in [3.8, 4) is 0 Å². The third kappa shape index (κ3) is 2.94. The summed E-state index contributed by atoms with van der Waals surface area (Å²) in [6.07, 6.45) is 5.02. The standard InChI is InChI=1S/C11H18ClN3O3S/c1-15-10(9(12)6-13-15)19(17,18)14-7-11(8-16)4-2-3-5-11/h6,14,16H,2-5,7-8H2,1H3. The Morgan fingerprint density at radius 2 is 2.16 bits per heavy atom. The highest BCUT2D eigenvalue weighted by molar-refractivity contribution is 7.89. The molecule has 0 aliphatic heterocycles. The molecule has 0 aromatic carbocycles. The molecule has 1 aliphatic carbocycles. The maximum atomic E-state index is 12.2. The van der Waals surface area contributed by atoms with Gasteiger partial charge in [0.2, 0.25) is 0 Å². The first-order valence-electron chi connectivity index (χ1n) is 6.18. The molecule has 8 heteroatoms. The maximum absolute atomic E-state index is 12.2. The third-order valence-electron chi connectivity index (χ3n) is 3.73. The summed E-state index contributed by atoms with van der Waals surface area (Å²) >= 11 is 5.84. The molecule has 0 unspecified atom stereocenters. The van der Waals surface area contributed by atoms with Gasteiger partial charge in [-0.1, -0.05) is 24.4 Å². The Kier molecular flexibility index (Phi) is 4.20. The number of aliphatic hydroxyl groups is 1. The number of nitrogens with one attached hydrogen (secondary N) is 1. The van der Waals surface area contributed by atoms with E-state index >= 15 is 0 Å². The molecule has 2 rings (SSSR count). The van der Waals surface area contributed by atoms with Gasteiger partial charge >= 0.3 is 0 Å². The molecular weight excluding hydrogens is 290 g/mol. The monoisotopic (exact) mass is 307 g/mol. The Hall–Kier alpha value is -0.630. The van der Waals surface area contributed by atoms with E-state index in [0.717, 1.165) is 25.7 Å². The van der Waals surface area contributed by atoms with Gasteiger partial charge in [-0.05, 0) is 12.8 Å². The summed E-state index contributed by atoms with van der Waals surface area (Å²) in [4.78, 5) is 0. The summed E-state index contributed by atoms with van der Waals surface area (Å²) < 4.78 is 28.2. The average molecular weight is 308 g/mol. The summed E-state index contributed by atoms with van der Waals surface area (Å²) in [5.41, 5.74) is -0.335. The Morgan fingerprint density at radius 3 is 2.63 bits per heavy atom. The van der Waals surface area contributed by atoms with Crippen LogP contribution in [-0.4, -0.2) is 36.5 Å². The van der Waals surface area contributed by atoms with Crippen LogP contribution in [0, 0.1) is 5.41 Å². The van der Waals surface area contributed by atoms with E-state index in [4.69, 9.17) is 11.6 Å². The molecule has 0 saturated heterocycles. The van der Waals surface area contributed by atoms with Crippen LogP contribution in [0.2, 0.25) is 5.02 Å². The van der Waals surface area contributed by atoms with Crippen molar-refractivity contribution in [2.24, 2.45) is 12.5 Å². The number of aromatic nitrogens is 2. The van der Waals surface area contributed by atoms with Gasteiger partial charge in [-0.25, -0.2) is 13.1 Å². The van der Waals surface area contributed by atoms with Gasteiger partial charge in [0.05, 0.1) is 11.2 Å². The summed E-state index contributed by atoms with van der Waals surface area (Å²) in [5, 5.41) is 13.3. The Balaban J connectivity index is 2.14. The van der Waals surface area contributed by atoms with Crippen LogP contribution >= 0.6 is 11.6 Å². The van der Waals surface area contributed by atoms with Crippen molar-refractivity contribution in [2.75, 3.05) is 13.2 Å². The summed E-state index contributed by atoms with van der Waals surface area (Å²) in [5.74, 6) is 0. The van der Waals surface area contributed by atoms with E-state index in [2.05, 4.69) is 9.82 Å². The van der Waals surface area contributed by atoms with Crippen LogP contribution in [0.1, 0.15) is 25.7 Å². The second-order valence-corrected chi connectivity index (χ2v) is 7.20. The van der Waals surface area contributed by atoms with Crippen molar-refractivity contribution in [1.29, 1.82) is 0 Å². The first-order valence-corrected chi connectivity index (χ1v) is 8.04. The van der Waals surface area contributed by atoms with Gasteiger partial charge in [0.1, 0.15) is 0 Å². The molecule has 1 fully saturated rings. The molecule has 2 N–H and O–H groups in total. The SMILES string of the molecule is Cn1ncc(Cl)c1S(=O)(=O)NCC1(CO)CCCC1. The summed E-state index contributed by atoms with van der Waals surface area (Å²) in [6.45, 7) is 0.224. The van der Waals surface area contributed by atoms with Crippen LogP contribution < -0.4 is 4.72 Å². The summed E-state index contributed by atoms with van der Waals surface area (Å²) in [6, 6.07) is 0. The smallest absolute Gasteiger partial charge is 0.259 e. The minimum Gasteiger partial charge on any atom is -0.396 e. The molecule has 6 nitrogen and oxygen atoms in total. The van der Waals surface area contributed by atoms with Gasteiger partial charge in [0.15, 0.2) is 5.03 Å². The predicted octanol–water partition coefficient (Wildman–Crippen LogP) is 0.904. The van der Waals surface area contributed by atoms with E-state index in [1.54, 1.807) is 0 Å². The molecule has 19 heavy (non-hydrogen) atoms. The lowest BCUT2D eigenvalue weighted by atomic mass is 9.88. The number of hydrogen-bond acceptors (Lipinski definition) is 4. The highest BCUT2D eigenvalue weighted by atomic mass is 35.5. The van der Waals surface area contributed by atoms with E-state index in [1.807, 2.05) is 0 Å². The largest absolute Gasteiger partial charge is 0.396 e. The van der Waals surface area contributed by atoms with Crippen molar-refractivity contribution < 1.29 is 13.5 Å². The van der Waals surface area contributed by atoms with Crippen LogP contribution in [0.4, 0.5) is 0 Å². The van der Waals surface area contributed by atoms with Crippen LogP contribution in [0.3, 0.4) is 0 Å². The normalized spacial score (nSPS) is 18.9. The van der Waals surface area contributed by atoms with Crippen molar-refractivity contribution in [2.45, 2.75) is 30.7 Å². The molecule has 108 valence electrons. The molecule has 0 radical (unpaired) electrons. The average Bonchev–Trinajstić information content (AvgIpc) is 2.95. The van der Waals surface area contributed by atoms with Crippen molar-refractivity contribution in [3.63, 3.8) is 0 Å². The van der Waals surface area contributed by atoms with Gasteiger partial charge < -0.3 is 5.11 Å². The highest BCUT2D eigenvalue weighted by Gasteiger charge is 2.35. The number of rotatable bonds is 5. The molecular formula is C11H18ClN3O3S. The number of halogens is 1. The highest BCUT2D eigenvalue weighted by Crippen LogP contribution is 2.37. The zero-order valence-corrected chi connectivity index (χ0v) is 12.3. The van der Waals surface area contributed by atoms with Crippen LogP contribution in [0.15, 0.2) is 11.2 Å². The second kappa shape index (κ2) is 5.40. The minimum atomic E-state index is -3.71. The fourth-order valence-corrected chi connectivity index (χ4v) is 4.34. The van der Waals surface area contributed by atoms with Gasteiger partial charge in [0.25, 0.3) is 10.0 Å². The predicted molar refractivity (Wildman–Crippen MR) is 71.4 cm³/mol. The molecule has 0 atom stereocenters. The zero-order chi connectivity index (χ0) is 14.1. The first kappa shape index (κ1) is 14.8. The Bertz CT molecular complexity index is 530. The Labute approximate surface area is 117 Å². The first-order chi connectivity index (χ1) is 8.90. The molecule has 1 aliphatic rings. The molecule has 1 saturated carbocycles. The molecule has 0 amide bonds. The lowest BCUT2D eigenvalue weighted by Gasteiger charge is -2.26. The molecule has 0 bridgehead atoms. The fraction of sp³-hybridized carbons (Fsp3) is 0.727. The van der Waals surface area contributed by atoms with Crippen molar-refractivity contribution >= 4 is 21.6 Å². The fourth-order valence-electron chi connectivity index (χ4n) is 2.53. The van der Waals surface area contributed by atoms with E-state index in [-0.39, 0.29) is 28.6 Å². The third-order valence-corrected chi connectivity index (χ3v) is 5.64. The lowest BCUT2D eigenvalue weighted by molar-refractivity contribution is 0.134. The number of aryl methyl sites for hydroxylation is 1. The van der Waals surface area contributed by atoms with Crippen LogP contribution in [-0.2, 0) is 17.1 Å². The van der Waals surface area contributed by atoms with Crippen LogP contribution in [0.25, 0.3) is 0 Å². The maximum Gasteiger partial charge on any atom is 0.259 e. The minimum absolute atomic E-state index is 0.00532. The number of aliphatic hydroxyl groups excluding tert-OH is 1. The number of nitrogens with zero attached hydrogens (tertiary/aromatic N) is 2. The van der Waals surface area contributed by atoms with E-state index < -0.39 is 10.0 Å². The van der Waals surface area contributed by atoms with E-state index in [1.165, 1.54) is 17.9 Å². The summed E-state index contributed by atoms with van der Waals surface area (Å²) in [7, 11) is -2.18. The van der Waals surface area contributed by atoms with Gasteiger partial charge in [-0.2, -0.15) is 5.10 Å². The van der Waals surface area contributed by atoms with E-state index in [9.17, 15) is 13.5 Å². The quantitative estimate of drug-likeness (QED) is 0.846. The Morgan fingerprint density at radius 1 is 1.53 bits per heavy atom. The molecule has 1 aromatic rings.